The van der Waals surface area contributed by atoms with Crippen molar-refractivity contribution in [3.05, 3.63) is 0 Å². The van der Waals surface area contributed by atoms with Crippen LogP contribution in [-0.4, -0.2) is 17.2 Å². The summed E-state index contributed by atoms with van der Waals surface area (Å²) in [6.45, 7) is 0. The maximum atomic E-state index is 12.7. The third-order valence-electron chi connectivity index (χ3n) is 2.03. The monoisotopic (exact) mass is 146 g/mol. The molecule has 1 fully saturated rings. The number of carboxylic acids is 1. The molecule has 0 aromatic rings. The summed E-state index contributed by atoms with van der Waals surface area (Å²) in [6.07, 6.45) is 1.38. The molecular formula is C7H11FO2. The predicted molar refractivity (Wildman–Crippen MR) is 34.5 cm³/mol. The zero-order valence-electron chi connectivity index (χ0n) is 5.72. The van der Waals surface area contributed by atoms with Crippen LogP contribution in [0.3, 0.4) is 0 Å². The van der Waals surface area contributed by atoms with Crippen molar-refractivity contribution in [1.82, 2.24) is 0 Å². The van der Waals surface area contributed by atoms with Crippen LogP contribution in [0.15, 0.2) is 0 Å². The minimum Gasteiger partial charge on any atom is -0.481 e. The number of halogens is 1. The molecule has 1 rings (SSSR count). The van der Waals surface area contributed by atoms with Gasteiger partial charge in [0.2, 0.25) is 0 Å². The van der Waals surface area contributed by atoms with Crippen LogP contribution in [0.25, 0.3) is 0 Å². The lowest BCUT2D eigenvalue weighted by Crippen LogP contribution is -2.25. The van der Waals surface area contributed by atoms with Crippen molar-refractivity contribution in [3.8, 4) is 0 Å². The molecule has 0 amide bonds. The molecule has 1 atom stereocenters. The highest BCUT2D eigenvalue weighted by Crippen LogP contribution is 2.32. The minimum absolute atomic E-state index is 0.0381. The van der Waals surface area contributed by atoms with Gasteiger partial charge in [-0.05, 0) is 18.8 Å². The van der Waals surface area contributed by atoms with Crippen LogP contribution in [0, 0.1) is 5.92 Å². The van der Waals surface area contributed by atoms with Crippen LogP contribution < -0.4 is 0 Å². The maximum absolute atomic E-state index is 12.7. The Labute approximate surface area is 59.0 Å². The Kier molecular flexibility index (Phi) is 2.25. The molecule has 0 bridgehead atoms. The van der Waals surface area contributed by atoms with Crippen molar-refractivity contribution in [2.45, 2.75) is 31.9 Å². The van der Waals surface area contributed by atoms with Gasteiger partial charge in [0.25, 0.3) is 0 Å². The fraction of sp³-hybridized carbons (Fsp3) is 0.857. The molecule has 0 aliphatic heterocycles. The topological polar surface area (TPSA) is 37.3 Å². The molecule has 0 radical (unpaired) electrons. The van der Waals surface area contributed by atoms with E-state index < -0.39 is 12.1 Å². The molecule has 58 valence electrons. The SMILES string of the molecule is O=C(O)CC(F)C1CCC1. The molecule has 0 aromatic heterocycles. The lowest BCUT2D eigenvalue weighted by atomic mass is 9.81. The lowest BCUT2D eigenvalue weighted by molar-refractivity contribution is -0.139. The second-order valence-corrected chi connectivity index (χ2v) is 2.80. The first-order valence-electron chi connectivity index (χ1n) is 3.56. The number of rotatable bonds is 3. The molecule has 0 aromatic carbocycles. The van der Waals surface area contributed by atoms with E-state index in [4.69, 9.17) is 5.11 Å². The maximum Gasteiger partial charge on any atom is 0.306 e. The van der Waals surface area contributed by atoms with Crippen LogP contribution in [0.5, 0.6) is 0 Å². The Morgan fingerprint density at radius 1 is 1.70 bits per heavy atom. The van der Waals surface area contributed by atoms with E-state index >= 15 is 0 Å². The van der Waals surface area contributed by atoms with E-state index in [1.807, 2.05) is 0 Å². The van der Waals surface area contributed by atoms with Crippen LogP contribution in [0.4, 0.5) is 4.39 Å². The Morgan fingerprint density at radius 3 is 2.60 bits per heavy atom. The van der Waals surface area contributed by atoms with Crippen LogP contribution in [0.2, 0.25) is 0 Å². The first kappa shape index (κ1) is 7.51. The zero-order valence-corrected chi connectivity index (χ0v) is 5.72. The van der Waals surface area contributed by atoms with E-state index in [1.54, 1.807) is 0 Å². The molecule has 2 nitrogen and oxygen atoms in total. The quantitative estimate of drug-likeness (QED) is 0.656. The van der Waals surface area contributed by atoms with Crippen molar-refractivity contribution in [1.29, 1.82) is 0 Å². The molecule has 1 aliphatic carbocycles. The molecule has 0 spiro atoms. The fourth-order valence-electron chi connectivity index (χ4n) is 1.14. The van der Waals surface area contributed by atoms with Gasteiger partial charge in [0, 0.05) is 0 Å². The van der Waals surface area contributed by atoms with Gasteiger partial charge in [0.1, 0.15) is 6.17 Å². The summed E-state index contributed by atoms with van der Waals surface area (Å²) in [5.41, 5.74) is 0. The smallest absolute Gasteiger partial charge is 0.306 e. The molecule has 1 N–H and O–H groups in total. The molecule has 10 heavy (non-hydrogen) atoms. The van der Waals surface area contributed by atoms with E-state index in [2.05, 4.69) is 0 Å². The lowest BCUT2D eigenvalue weighted by Gasteiger charge is -2.27. The highest BCUT2D eigenvalue weighted by Gasteiger charge is 2.28. The van der Waals surface area contributed by atoms with Crippen LogP contribution >= 0.6 is 0 Å². The van der Waals surface area contributed by atoms with Gasteiger partial charge in [-0.1, -0.05) is 6.42 Å². The molecule has 1 saturated carbocycles. The summed E-state index contributed by atoms with van der Waals surface area (Å²) >= 11 is 0. The van der Waals surface area contributed by atoms with Gasteiger partial charge < -0.3 is 5.11 Å². The van der Waals surface area contributed by atoms with E-state index in [0.717, 1.165) is 19.3 Å². The van der Waals surface area contributed by atoms with Gasteiger partial charge in [0.05, 0.1) is 6.42 Å². The summed E-state index contributed by atoms with van der Waals surface area (Å²) < 4.78 is 12.7. The predicted octanol–water partition coefficient (Wildman–Crippen LogP) is 1.60. The second kappa shape index (κ2) is 2.99. The van der Waals surface area contributed by atoms with E-state index in [9.17, 15) is 9.18 Å². The molecule has 1 unspecified atom stereocenters. The van der Waals surface area contributed by atoms with Crippen molar-refractivity contribution in [3.63, 3.8) is 0 Å². The van der Waals surface area contributed by atoms with Crippen LogP contribution in [0.1, 0.15) is 25.7 Å². The van der Waals surface area contributed by atoms with E-state index in [0.29, 0.717) is 0 Å². The molecular weight excluding hydrogens is 135 g/mol. The minimum atomic E-state index is -1.11. The third kappa shape index (κ3) is 1.69. The third-order valence-corrected chi connectivity index (χ3v) is 2.03. The summed E-state index contributed by atoms with van der Waals surface area (Å²) in [6, 6.07) is 0. The number of carbonyl (C=O) groups is 1. The molecule has 0 saturated heterocycles. The number of carboxylic acid groups (broad SMARTS) is 1. The van der Waals surface area contributed by atoms with E-state index in [-0.39, 0.29) is 12.3 Å². The fourth-order valence-corrected chi connectivity index (χ4v) is 1.14. The summed E-state index contributed by atoms with van der Waals surface area (Å²) in [5.74, 6) is -0.990. The van der Waals surface area contributed by atoms with Gasteiger partial charge in [-0.3, -0.25) is 4.79 Å². The van der Waals surface area contributed by atoms with Gasteiger partial charge in [0.15, 0.2) is 0 Å². The Balaban J connectivity index is 2.19. The van der Waals surface area contributed by atoms with Gasteiger partial charge in [-0.15, -0.1) is 0 Å². The highest BCUT2D eigenvalue weighted by molar-refractivity contribution is 5.67. The van der Waals surface area contributed by atoms with Crippen molar-refractivity contribution in [2.24, 2.45) is 5.92 Å². The summed E-state index contributed by atoms with van der Waals surface area (Å²) in [7, 11) is 0. The van der Waals surface area contributed by atoms with Crippen molar-refractivity contribution < 1.29 is 14.3 Å². The molecule has 3 heteroatoms. The number of alkyl halides is 1. The Morgan fingerprint density at radius 2 is 2.30 bits per heavy atom. The molecule has 0 heterocycles. The second-order valence-electron chi connectivity index (χ2n) is 2.80. The first-order chi connectivity index (χ1) is 4.70. The summed E-state index contributed by atoms with van der Waals surface area (Å²) in [5, 5.41) is 8.21. The largest absolute Gasteiger partial charge is 0.481 e. The number of hydrogen-bond acceptors (Lipinski definition) is 1. The normalized spacial score (nSPS) is 21.7. The Bertz CT molecular complexity index is 132. The average Bonchev–Trinajstić information content (AvgIpc) is 1.55. The van der Waals surface area contributed by atoms with E-state index in [1.165, 1.54) is 0 Å². The van der Waals surface area contributed by atoms with Crippen molar-refractivity contribution in [2.75, 3.05) is 0 Å². The number of hydrogen-bond donors (Lipinski definition) is 1. The average molecular weight is 146 g/mol. The van der Waals surface area contributed by atoms with Gasteiger partial charge >= 0.3 is 5.97 Å². The van der Waals surface area contributed by atoms with Gasteiger partial charge in [-0.25, -0.2) is 4.39 Å². The summed E-state index contributed by atoms with van der Waals surface area (Å²) in [4.78, 5) is 10.0. The highest BCUT2D eigenvalue weighted by atomic mass is 19.1. The van der Waals surface area contributed by atoms with Crippen molar-refractivity contribution >= 4 is 5.97 Å². The first-order valence-corrected chi connectivity index (χ1v) is 3.56. The van der Waals surface area contributed by atoms with Gasteiger partial charge in [-0.2, -0.15) is 0 Å². The standard InChI is InChI=1S/C7H11FO2/c8-6(4-7(9)10)5-2-1-3-5/h5-6H,1-4H2,(H,9,10). The molecule has 1 aliphatic rings. The Hall–Kier alpha value is -0.600. The van der Waals surface area contributed by atoms with Crippen LogP contribution in [-0.2, 0) is 4.79 Å². The number of aliphatic carboxylic acids is 1. The zero-order chi connectivity index (χ0) is 7.56.